The molecule has 0 aromatic heterocycles. The van der Waals surface area contributed by atoms with Crippen LogP contribution in [0.25, 0.3) is 0 Å². The first-order valence-electron chi connectivity index (χ1n) is 7.67. The summed E-state index contributed by atoms with van der Waals surface area (Å²) in [6, 6.07) is -0.129. The van der Waals surface area contributed by atoms with Crippen LogP contribution in [0.5, 0.6) is 0 Å². The Morgan fingerprint density at radius 3 is 2.21 bits per heavy atom. The van der Waals surface area contributed by atoms with Gasteiger partial charge in [0.05, 0.1) is 5.60 Å². The van der Waals surface area contributed by atoms with E-state index < -0.39 is 5.60 Å². The highest BCUT2D eigenvalue weighted by atomic mass is 16.3. The highest BCUT2D eigenvalue weighted by molar-refractivity contribution is 5.74. The lowest BCUT2D eigenvalue weighted by molar-refractivity contribution is 0.0501. The maximum atomic E-state index is 11.8. The van der Waals surface area contributed by atoms with Gasteiger partial charge in [0.2, 0.25) is 0 Å². The van der Waals surface area contributed by atoms with Crippen LogP contribution in [0.15, 0.2) is 0 Å². The molecule has 3 N–H and O–H groups in total. The zero-order valence-corrected chi connectivity index (χ0v) is 12.3. The lowest BCUT2D eigenvalue weighted by Gasteiger charge is -2.23. The van der Waals surface area contributed by atoms with Crippen molar-refractivity contribution in [3.05, 3.63) is 0 Å². The number of hydrogen-bond donors (Lipinski definition) is 3. The number of hydrogen-bond acceptors (Lipinski definition) is 2. The minimum atomic E-state index is -0.660. The molecule has 110 valence electrons. The van der Waals surface area contributed by atoms with Crippen molar-refractivity contribution in [3.63, 3.8) is 0 Å². The topological polar surface area (TPSA) is 61.4 Å². The summed E-state index contributed by atoms with van der Waals surface area (Å²) in [5.41, 5.74) is -0.303. The molecular formula is C15H28N2O2. The molecule has 2 amide bonds. The Morgan fingerprint density at radius 1 is 1.11 bits per heavy atom. The fourth-order valence-corrected chi connectivity index (χ4v) is 3.28. The first kappa shape index (κ1) is 14.6. The van der Waals surface area contributed by atoms with Crippen LogP contribution in [0.2, 0.25) is 0 Å². The zero-order chi connectivity index (χ0) is 13.9. The molecule has 4 nitrogen and oxygen atoms in total. The van der Waals surface area contributed by atoms with E-state index in [1.165, 1.54) is 19.3 Å². The van der Waals surface area contributed by atoms with E-state index in [0.29, 0.717) is 17.9 Å². The van der Waals surface area contributed by atoms with Crippen LogP contribution in [0.3, 0.4) is 0 Å². The number of aliphatic hydroxyl groups is 1. The van der Waals surface area contributed by atoms with E-state index in [9.17, 15) is 9.90 Å². The fourth-order valence-electron chi connectivity index (χ4n) is 3.28. The van der Waals surface area contributed by atoms with Crippen molar-refractivity contribution in [2.45, 2.75) is 64.4 Å². The van der Waals surface area contributed by atoms with Gasteiger partial charge in [-0.2, -0.15) is 0 Å². The van der Waals surface area contributed by atoms with Gasteiger partial charge in [-0.15, -0.1) is 0 Å². The van der Waals surface area contributed by atoms with E-state index in [4.69, 9.17) is 0 Å². The van der Waals surface area contributed by atoms with Crippen molar-refractivity contribution in [1.82, 2.24) is 10.6 Å². The molecule has 4 heteroatoms. The largest absolute Gasteiger partial charge is 0.388 e. The van der Waals surface area contributed by atoms with E-state index in [-0.39, 0.29) is 6.03 Å². The van der Waals surface area contributed by atoms with Crippen molar-refractivity contribution < 1.29 is 9.90 Å². The van der Waals surface area contributed by atoms with Crippen LogP contribution in [0.4, 0.5) is 4.79 Å². The minimum Gasteiger partial charge on any atom is -0.388 e. The summed E-state index contributed by atoms with van der Waals surface area (Å²) in [5, 5.41) is 15.9. The summed E-state index contributed by atoms with van der Waals surface area (Å²) in [7, 11) is 0. The average molecular weight is 268 g/mol. The summed E-state index contributed by atoms with van der Waals surface area (Å²) in [4.78, 5) is 11.8. The molecule has 0 saturated heterocycles. The number of nitrogens with one attached hydrogen (secondary N) is 2. The SMILES string of the molecule is CC(C)CC1(CNC(=O)NCC2(O)CCCC2)CC1. The van der Waals surface area contributed by atoms with Crippen LogP contribution in [-0.4, -0.2) is 29.8 Å². The minimum absolute atomic E-state index is 0.129. The number of rotatable bonds is 6. The summed E-state index contributed by atoms with van der Waals surface area (Å²) in [5.74, 6) is 0.687. The summed E-state index contributed by atoms with van der Waals surface area (Å²) < 4.78 is 0. The quantitative estimate of drug-likeness (QED) is 0.693. The molecule has 0 unspecified atom stereocenters. The second kappa shape index (κ2) is 5.70. The van der Waals surface area contributed by atoms with E-state index in [1.54, 1.807) is 0 Å². The van der Waals surface area contributed by atoms with Crippen molar-refractivity contribution >= 4 is 6.03 Å². The van der Waals surface area contributed by atoms with E-state index in [2.05, 4.69) is 24.5 Å². The Hall–Kier alpha value is -0.770. The van der Waals surface area contributed by atoms with Crippen LogP contribution in [0, 0.1) is 11.3 Å². The third kappa shape index (κ3) is 4.37. The fraction of sp³-hybridized carbons (Fsp3) is 0.933. The summed E-state index contributed by atoms with van der Waals surface area (Å²) >= 11 is 0. The molecule has 0 radical (unpaired) electrons. The molecule has 2 saturated carbocycles. The van der Waals surface area contributed by atoms with Crippen molar-refractivity contribution in [2.75, 3.05) is 13.1 Å². The summed E-state index contributed by atoms with van der Waals surface area (Å²) in [6.45, 7) is 5.62. The van der Waals surface area contributed by atoms with E-state index in [0.717, 1.165) is 32.2 Å². The standard InChI is InChI=1S/C15H28N2O2/c1-12(2)9-14(7-8-14)10-16-13(18)17-11-15(19)5-3-4-6-15/h12,19H,3-11H2,1-2H3,(H2,16,17,18). The first-order chi connectivity index (χ1) is 8.93. The van der Waals surface area contributed by atoms with Gasteiger partial charge in [-0.25, -0.2) is 4.79 Å². The molecule has 0 aromatic carbocycles. The highest BCUT2D eigenvalue weighted by Crippen LogP contribution is 2.49. The smallest absolute Gasteiger partial charge is 0.314 e. The number of carbonyl (C=O) groups excluding carboxylic acids is 1. The van der Waals surface area contributed by atoms with Gasteiger partial charge >= 0.3 is 6.03 Å². The van der Waals surface area contributed by atoms with Crippen LogP contribution in [0.1, 0.15) is 58.8 Å². The maximum absolute atomic E-state index is 11.8. The first-order valence-corrected chi connectivity index (χ1v) is 7.67. The van der Waals surface area contributed by atoms with Gasteiger partial charge in [-0.05, 0) is 43.4 Å². The van der Waals surface area contributed by atoms with Gasteiger partial charge in [0, 0.05) is 13.1 Å². The second-order valence-corrected chi connectivity index (χ2v) is 7.07. The summed E-state index contributed by atoms with van der Waals surface area (Å²) in [6.07, 6.45) is 7.41. The van der Waals surface area contributed by atoms with Gasteiger partial charge in [0.1, 0.15) is 0 Å². The van der Waals surface area contributed by atoms with Gasteiger partial charge in [-0.1, -0.05) is 26.7 Å². The Bertz CT molecular complexity index is 318. The Kier molecular flexibility index (Phi) is 4.39. The molecule has 0 heterocycles. The zero-order valence-electron chi connectivity index (χ0n) is 12.3. The van der Waals surface area contributed by atoms with Crippen LogP contribution >= 0.6 is 0 Å². The Balaban J connectivity index is 1.65. The van der Waals surface area contributed by atoms with Crippen molar-refractivity contribution in [3.8, 4) is 0 Å². The Morgan fingerprint density at radius 2 is 1.68 bits per heavy atom. The lowest BCUT2D eigenvalue weighted by atomic mass is 9.94. The number of urea groups is 1. The lowest BCUT2D eigenvalue weighted by Crippen LogP contribution is -2.46. The molecule has 0 spiro atoms. The molecule has 2 rings (SSSR count). The van der Waals surface area contributed by atoms with Gasteiger partial charge in [0.15, 0.2) is 0 Å². The predicted octanol–water partition coefficient (Wildman–Crippen LogP) is 2.42. The molecule has 0 aromatic rings. The van der Waals surface area contributed by atoms with Gasteiger partial charge in [-0.3, -0.25) is 0 Å². The molecule has 0 aliphatic heterocycles. The van der Waals surface area contributed by atoms with E-state index in [1.807, 2.05) is 0 Å². The molecule has 2 fully saturated rings. The molecular weight excluding hydrogens is 240 g/mol. The number of amides is 2. The van der Waals surface area contributed by atoms with Crippen molar-refractivity contribution in [1.29, 1.82) is 0 Å². The van der Waals surface area contributed by atoms with Crippen molar-refractivity contribution in [2.24, 2.45) is 11.3 Å². The number of carbonyl (C=O) groups is 1. The van der Waals surface area contributed by atoms with Gasteiger partial charge in [0.25, 0.3) is 0 Å². The van der Waals surface area contributed by atoms with Gasteiger partial charge < -0.3 is 15.7 Å². The molecule has 2 aliphatic carbocycles. The average Bonchev–Trinajstić information content (AvgIpc) is 2.96. The maximum Gasteiger partial charge on any atom is 0.314 e. The molecule has 19 heavy (non-hydrogen) atoms. The monoisotopic (exact) mass is 268 g/mol. The second-order valence-electron chi connectivity index (χ2n) is 7.07. The predicted molar refractivity (Wildman–Crippen MR) is 75.9 cm³/mol. The molecule has 2 aliphatic rings. The van der Waals surface area contributed by atoms with Crippen LogP contribution in [-0.2, 0) is 0 Å². The highest BCUT2D eigenvalue weighted by Gasteiger charge is 2.42. The third-order valence-corrected chi connectivity index (χ3v) is 4.53. The van der Waals surface area contributed by atoms with Crippen LogP contribution < -0.4 is 10.6 Å². The molecule has 0 bridgehead atoms. The molecule has 0 atom stereocenters. The Labute approximate surface area is 116 Å². The third-order valence-electron chi connectivity index (χ3n) is 4.53. The normalized spacial score (nSPS) is 23.4. The van der Waals surface area contributed by atoms with E-state index >= 15 is 0 Å².